The summed E-state index contributed by atoms with van der Waals surface area (Å²) in [6.07, 6.45) is 2.58. The molecule has 21 heavy (non-hydrogen) atoms. The maximum Gasteiger partial charge on any atom is 0.236 e. The number of thioether (sulfide) groups is 1. The molecule has 3 nitrogen and oxygen atoms in total. The smallest absolute Gasteiger partial charge is 0.236 e. The van der Waals surface area contributed by atoms with Gasteiger partial charge in [-0.25, -0.2) is 0 Å². The van der Waals surface area contributed by atoms with E-state index in [9.17, 15) is 4.79 Å². The molecule has 114 valence electrons. The molecule has 0 saturated carbocycles. The van der Waals surface area contributed by atoms with Crippen molar-refractivity contribution in [3.63, 3.8) is 0 Å². The van der Waals surface area contributed by atoms with Crippen molar-refractivity contribution >= 4 is 29.3 Å². The van der Waals surface area contributed by atoms with Gasteiger partial charge in [-0.1, -0.05) is 23.7 Å². The molecule has 2 saturated heterocycles. The zero-order chi connectivity index (χ0) is 14.8. The summed E-state index contributed by atoms with van der Waals surface area (Å²) in [7, 11) is 0. The lowest BCUT2D eigenvalue weighted by Crippen LogP contribution is -2.37. The van der Waals surface area contributed by atoms with E-state index in [1.165, 1.54) is 31.5 Å². The highest BCUT2D eigenvalue weighted by Crippen LogP contribution is 2.42. The second-order valence-corrected chi connectivity index (χ2v) is 7.62. The normalized spacial score (nSPS) is 26.8. The molecular weight excluding hydrogens is 304 g/mol. The first kappa shape index (κ1) is 15.2. The maximum atomic E-state index is 12.4. The molecule has 2 aliphatic rings. The SMILES string of the molecule is CC1SC(c2ccc(Cl)cc2)N(CCN2CCCC2)C1=O. The number of rotatable bonds is 4. The van der Waals surface area contributed by atoms with Crippen molar-refractivity contribution in [3.05, 3.63) is 34.9 Å². The summed E-state index contributed by atoms with van der Waals surface area (Å²) in [6, 6.07) is 7.88. The van der Waals surface area contributed by atoms with E-state index in [4.69, 9.17) is 11.6 Å². The third-order valence-electron chi connectivity index (χ3n) is 4.26. The van der Waals surface area contributed by atoms with Crippen LogP contribution in [0.5, 0.6) is 0 Å². The molecule has 0 N–H and O–H groups in total. The van der Waals surface area contributed by atoms with Crippen LogP contribution in [-0.4, -0.2) is 47.1 Å². The summed E-state index contributed by atoms with van der Waals surface area (Å²) < 4.78 is 0. The number of hydrogen-bond acceptors (Lipinski definition) is 3. The molecule has 2 fully saturated rings. The minimum atomic E-state index is 0.0456. The molecule has 0 bridgehead atoms. The van der Waals surface area contributed by atoms with Crippen molar-refractivity contribution in [1.29, 1.82) is 0 Å². The average Bonchev–Trinajstić information content (AvgIpc) is 3.08. The van der Waals surface area contributed by atoms with Gasteiger partial charge in [0.05, 0.1) is 5.25 Å². The Morgan fingerprint density at radius 3 is 2.52 bits per heavy atom. The molecule has 0 aliphatic carbocycles. The molecule has 3 rings (SSSR count). The van der Waals surface area contributed by atoms with E-state index in [-0.39, 0.29) is 16.5 Å². The molecule has 2 aliphatic heterocycles. The molecule has 2 unspecified atom stereocenters. The van der Waals surface area contributed by atoms with Gasteiger partial charge in [-0.3, -0.25) is 4.79 Å². The highest BCUT2D eigenvalue weighted by molar-refractivity contribution is 8.01. The van der Waals surface area contributed by atoms with Crippen LogP contribution < -0.4 is 0 Å². The largest absolute Gasteiger partial charge is 0.324 e. The van der Waals surface area contributed by atoms with E-state index in [2.05, 4.69) is 4.90 Å². The highest BCUT2D eigenvalue weighted by atomic mass is 35.5. The van der Waals surface area contributed by atoms with Gasteiger partial charge in [0.25, 0.3) is 0 Å². The van der Waals surface area contributed by atoms with Crippen LogP contribution in [0.1, 0.15) is 30.7 Å². The number of carbonyl (C=O) groups excluding carboxylic acids is 1. The van der Waals surface area contributed by atoms with Crippen molar-refractivity contribution in [1.82, 2.24) is 9.80 Å². The van der Waals surface area contributed by atoms with Crippen molar-refractivity contribution in [2.75, 3.05) is 26.2 Å². The van der Waals surface area contributed by atoms with Crippen LogP contribution in [0.15, 0.2) is 24.3 Å². The monoisotopic (exact) mass is 324 g/mol. The number of nitrogens with zero attached hydrogens (tertiary/aromatic N) is 2. The Kier molecular flexibility index (Phi) is 4.77. The molecule has 0 spiro atoms. The van der Waals surface area contributed by atoms with E-state index in [1.54, 1.807) is 11.8 Å². The van der Waals surface area contributed by atoms with E-state index in [1.807, 2.05) is 36.1 Å². The van der Waals surface area contributed by atoms with Gasteiger partial charge in [-0.2, -0.15) is 0 Å². The van der Waals surface area contributed by atoms with Gasteiger partial charge >= 0.3 is 0 Å². The van der Waals surface area contributed by atoms with E-state index in [0.29, 0.717) is 0 Å². The predicted molar refractivity (Wildman–Crippen MR) is 88.6 cm³/mol. The van der Waals surface area contributed by atoms with Crippen LogP contribution in [-0.2, 0) is 4.79 Å². The number of likely N-dealkylation sites (tertiary alicyclic amines) is 1. The van der Waals surface area contributed by atoms with E-state index < -0.39 is 0 Å². The molecule has 2 heterocycles. The quantitative estimate of drug-likeness (QED) is 0.848. The lowest BCUT2D eigenvalue weighted by molar-refractivity contribution is -0.130. The molecule has 2 atom stereocenters. The summed E-state index contributed by atoms with van der Waals surface area (Å²) in [5, 5.41) is 0.918. The van der Waals surface area contributed by atoms with Crippen LogP contribution in [0.3, 0.4) is 0 Å². The minimum absolute atomic E-state index is 0.0456. The topological polar surface area (TPSA) is 23.6 Å². The predicted octanol–water partition coefficient (Wildman–Crippen LogP) is 3.40. The summed E-state index contributed by atoms with van der Waals surface area (Å²) in [5.41, 5.74) is 1.17. The van der Waals surface area contributed by atoms with Gasteiger partial charge in [-0.05, 0) is 50.6 Å². The number of amides is 1. The molecule has 1 aromatic carbocycles. The summed E-state index contributed by atoms with van der Waals surface area (Å²) >= 11 is 7.70. The van der Waals surface area contributed by atoms with Gasteiger partial charge < -0.3 is 9.80 Å². The van der Waals surface area contributed by atoms with E-state index in [0.717, 1.165) is 18.1 Å². The Hall–Kier alpha value is -0.710. The third kappa shape index (κ3) is 3.38. The van der Waals surface area contributed by atoms with Crippen LogP contribution in [0.2, 0.25) is 5.02 Å². The van der Waals surface area contributed by atoms with Gasteiger partial charge in [0, 0.05) is 18.1 Å². The molecular formula is C16H21ClN2OS. The average molecular weight is 325 g/mol. The Morgan fingerprint density at radius 2 is 1.86 bits per heavy atom. The van der Waals surface area contributed by atoms with Gasteiger partial charge in [0.15, 0.2) is 0 Å². The van der Waals surface area contributed by atoms with Gasteiger partial charge in [0.2, 0.25) is 5.91 Å². The number of carbonyl (C=O) groups is 1. The fourth-order valence-corrected chi connectivity index (χ4v) is 4.48. The fraction of sp³-hybridized carbons (Fsp3) is 0.562. The van der Waals surface area contributed by atoms with Crippen molar-refractivity contribution in [2.24, 2.45) is 0 Å². The van der Waals surface area contributed by atoms with Crippen LogP contribution in [0.4, 0.5) is 0 Å². The number of halogens is 1. The lowest BCUT2D eigenvalue weighted by atomic mass is 10.2. The fourth-order valence-electron chi connectivity index (χ4n) is 3.04. The first-order valence-electron chi connectivity index (χ1n) is 7.59. The van der Waals surface area contributed by atoms with Crippen LogP contribution >= 0.6 is 23.4 Å². The standard InChI is InChI=1S/C16H21ClN2OS/c1-12-15(20)19(11-10-18-8-2-3-9-18)16(21-12)13-4-6-14(17)7-5-13/h4-7,12,16H,2-3,8-11H2,1H3. The van der Waals surface area contributed by atoms with Crippen molar-refractivity contribution in [3.8, 4) is 0 Å². The number of hydrogen-bond donors (Lipinski definition) is 0. The summed E-state index contributed by atoms with van der Waals surface area (Å²) in [5.74, 6) is 0.263. The van der Waals surface area contributed by atoms with Crippen LogP contribution in [0.25, 0.3) is 0 Å². The lowest BCUT2D eigenvalue weighted by Gasteiger charge is -2.26. The number of benzene rings is 1. The van der Waals surface area contributed by atoms with Gasteiger partial charge in [-0.15, -0.1) is 11.8 Å². The second-order valence-electron chi connectivity index (χ2n) is 5.76. The second kappa shape index (κ2) is 6.59. The van der Waals surface area contributed by atoms with Gasteiger partial charge in [0.1, 0.15) is 5.37 Å². The van der Waals surface area contributed by atoms with Crippen molar-refractivity contribution in [2.45, 2.75) is 30.4 Å². The highest BCUT2D eigenvalue weighted by Gasteiger charge is 2.38. The molecule has 5 heteroatoms. The Morgan fingerprint density at radius 1 is 1.19 bits per heavy atom. The maximum absolute atomic E-state index is 12.4. The Labute approximate surface area is 135 Å². The summed E-state index contributed by atoms with van der Waals surface area (Å²) in [4.78, 5) is 16.9. The Bertz CT molecular complexity index is 502. The minimum Gasteiger partial charge on any atom is -0.324 e. The molecule has 1 aromatic rings. The van der Waals surface area contributed by atoms with E-state index >= 15 is 0 Å². The first-order chi connectivity index (χ1) is 10.1. The zero-order valence-electron chi connectivity index (χ0n) is 12.3. The third-order valence-corrected chi connectivity index (χ3v) is 5.90. The summed E-state index contributed by atoms with van der Waals surface area (Å²) in [6.45, 7) is 6.17. The zero-order valence-corrected chi connectivity index (χ0v) is 13.9. The van der Waals surface area contributed by atoms with Crippen LogP contribution in [0, 0.1) is 0 Å². The Balaban J connectivity index is 1.71. The molecule has 1 amide bonds. The molecule has 0 aromatic heterocycles. The first-order valence-corrected chi connectivity index (χ1v) is 8.91. The molecule has 0 radical (unpaired) electrons. The van der Waals surface area contributed by atoms with Crippen molar-refractivity contribution < 1.29 is 4.79 Å².